The number of nitriles is 1. The summed E-state index contributed by atoms with van der Waals surface area (Å²) >= 11 is 0. The van der Waals surface area contributed by atoms with E-state index >= 15 is 0 Å². The summed E-state index contributed by atoms with van der Waals surface area (Å²) in [6.07, 6.45) is 0.683. The summed E-state index contributed by atoms with van der Waals surface area (Å²) in [5, 5.41) is 20.5. The number of fused-ring (bicyclic) bond motifs is 1. The van der Waals surface area contributed by atoms with Gasteiger partial charge in [0, 0.05) is 45.0 Å². The molecule has 7 heteroatoms. The molecule has 0 spiro atoms. The van der Waals surface area contributed by atoms with Gasteiger partial charge < -0.3 is 9.80 Å². The van der Waals surface area contributed by atoms with Crippen molar-refractivity contribution in [2.75, 3.05) is 25.5 Å². The first-order chi connectivity index (χ1) is 15.8. The second-order valence-corrected chi connectivity index (χ2v) is 8.41. The molecule has 0 radical (unpaired) electrons. The number of anilines is 1. The maximum Gasteiger partial charge on any atom is 0.270 e. The zero-order valence-electron chi connectivity index (χ0n) is 18.8. The van der Waals surface area contributed by atoms with Crippen molar-refractivity contribution < 1.29 is 9.72 Å². The van der Waals surface area contributed by atoms with E-state index in [1.54, 1.807) is 15.9 Å². The number of non-ortho nitro benzene ring substituents is 1. The number of amides is 1. The second-order valence-electron chi connectivity index (χ2n) is 8.41. The summed E-state index contributed by atoms with van der Waals surface area (Å²) in [5.74, 6) is -0.215. The molecule has 0 atom stereocenters. The molecule has 4 rings (SSSR count). The summed E-state index contributed by atoms with van der Waals surface area (Å²) < 4.78 is 0. The Labute approximate surface area is 192 Å². The van der Waals surface area contributed by atoms with Crippen molar-refractivity contribution in [1.82, 2.24) is 4.90 Å². The van der Waals surface area contributed by atoms with Crippen LogP contribution in [0.2, 0.25) is 0 Å². The first kappa shape index (κ1) is 22.0. The van der Waals surface area contributed by atoms with Crippen LogP contribution in [0.1, 0.15) is 32.6 Å². The molecule has 166 valence electrons. The molecule has 1 amide bonds. The van der Waals surface area contributed by atoms with E-state index in [0.29, 0.717) is 36.3 Å². The summed E-state index contributed by atoms with van der Waals surface area (Å²) in [7, 11) is 3.63. The highest BCUT2D eigenvalue weighted by atomic mass is 16.6. The Bertz CT molecular complexity index is 1310. The molecule has 0 bridgehead atoms. The Hall–Kier alpha value is -4.18. The Morgan fingerprint density at radius 1 is 1.12 bits per heavy atom. The van der Waals surface area contributed by atoms with E-state index in [1.165, 1.54) is 17.7 Å². The van der Waals surface area contributed by atoms with Crippen molar-refractivity contribution in [3.63, 3.8) is 0 Å². The maximum atomic E-state index is 13.4. The Morgan fingerprint density at radius 3 is 2.58 bits per heavy atom. The first-order valence-electron chi connectivity index (χ1n) is 10.7. The number of benzene rings is 3. The summed E-state index contributed by atoms with van der Waals surface area (Å²) in [4.78, 5) is 27.8. The highest BCUT2D eigenvalue weighted by Gasteiger charge is 2.27. The van der Waals surface area contributed by atoms with Gasteiger partial charge in [-0.1, -0.05) is 24.3 Å². The average molecular weight is 441 g/mol. The van der Waals surface area contributed by atoms with Crippen LogP contribution < -0.4 is 4.90 Å². The average Bonchev–Trinajstić information content (AvgIpc) is 2.82. The van der Waals surface area contributed by atoms with E-state index in [0.717, 1.165) is 22.3 Å². The standard InChI is InChI=1S/C26H24N4O3/c1-17-13-18(15-27)7-9-21(17)23-6-4-5-19-16-29(12-11-22(19)23)26(31)24-14-20(30(32)33)8-10-25(24)28(2)3/h4-10,13-14H,11-12,16H2,1-3H3. The number of carbonyl (C=O) groups excluding carboxylic acids is 1. The number of rotatable bonds is 4. The van der Waals surface area contributed by atoms with Gasteiger partial charge in [0.05, 0.1) is 22.1 Å². The molecule has 7 nitrogen and oxygen atoms in total. The fourth-order valence-corrected chi connectivity index (χ4v) is 4.44. The van der Waals surface area contributed by atoms with Gasteiger partial charge in [-0.05, 0) is 59.4 Å². The number of nitrogens with zero attached hydrogens (tertiary/aromatic N) is 4. The van der Waals surface area contributed by atoms with E-state index < -0.39 is 4.92 Å². The predicted molar refractivity (Wildman–Crippen MR) is 127 cm³/mol. The van der Waals surface area contributed by atoms with Crippen LogP contribution in [0.15, 0.2) is 54.6 Å². The van der Waals surface area contributed by atoms with E-state index in [9.17, 15) is 14.9 Å². The van der Waals surface area contributed by atoms with Gasteiger partial charge in [-0.25, -0.2) is 0 Å². The highest BCUT2D eigenvalue weighted by molar-refractivity contribution is 6.00. The normalized spacial score (nSPS) is 12.6. The zero-order chi connectivity index (χ0) is 23.7. The molecule has 3 aromatic rings. The number of hydrogen-bond acceptors (Lipinski definition) is 5. The first-order valence-corrected chi connectivity index (χ1v) is 10.7. The highest BCUT2D eigenvalue weighted by Crippen LogP contribution is 2.34. The molecule has 1 aliphatic heterocycles. The van der Waals surface area contributed by atoms with E-state index in [2.05, 4.69) is 12.1 Å². The lowest BCUT2D eigenvalue weighted by molar-refractivity contribution is -0.384. The van der Waals surface area contributed by atoms with Crippen LogP contribution in [0.4, 0.5) is 11.4 Å². The Balaban J connectivity index is 1.68. The summed E-state index contributed by atoms with van der Waals surface area (Å²) in [6, 6.07) is 18.4. The lowest BCUT2D eigenvalue weighted by Crippen LogP contribution is -2.37. The lowest BCUT2D eigenvalue weighted by atomic mass is 9.88. The van der Waals surface area contributed by atoms with Gasteiger partial charge in [0.2, 0.25) is 0 Å². The molecule has 3 aromatic carbocycles. The molecule has 33 heavy (non-hydrogen) atoms. The molecule has 0 aromatic heterocycles. The summed E-state index contributed by atoms with van der Waals surface area (Å²) in [6.45, 7) is 2.96. The van der Waals surface area contributed by atoms with Crippen molar-refractivity contribution in [1.29, 1.82) is 5.26 Å². The van der Waals surface area contributed by atoms with Gasteiger partial charge in [0.25, 0.3) is 11.6 Å². The van der Waals surface area contributed by atoms with Gasteiger partial charge in [-0.2, -0.15) is 5.26 Å². The quantitative estimate of drug-likeness (QED) is 0.433. The molecule has 0 N–H and O–H groups in total. The molecule has 0 fully saturated rings. The van der Waals surface area contributed by atoms with Crippen molar-refractivity contribution in [2.24, 2.45) is 0 Å². The van der Waals surface area contributed by atoms with Crippen molar-refractivity contribution >= 4 is 17.3 Å². The molecular formula is C26H24N4O3. The number of hydrogen-bond donors (Lipinski definition) is 0. The third kappa shape index (κ3) is 4.15. The molecule has 0 saturated heterocycles. The smallest absolute Gasteiger partial charge is 0.270 e. The maximum absolute atomic E-state index is 13.4. The second kappa shape index (κ2) is 8.75. The van der Waals surface area contributed by atoms with Gasteiger partial charge >= 0.3 is 0 Å². The van der Waals surface area contributed by atoms with Crippen LogP contribution in [0.25, 0.3) is 11.1 Å². The Morgan fingerprint density at radius 2 is 1.91 bits per heavy atom. The van der Waals surface area contributed by atoms with Crippen molar-refractivity contribution in [3.05, 3.63) is 92.5 Å². The summed E-state index contributed by atoms with van der Waals surface area (Å²) in [5.41, 5.74) is 7.01. The van der Waals surface area contributed by atoms with Gasteiger partial charge in [-0.3, -0.25) is 14.9 Å². The van der Waals surface area contributed by atoms with Gasteiger partial charge in [0.1, 0.15) is 0 Å². The fraction of sp³-hybridized carbons (Fsp3) is 0.231. The minimum atomic E-state index is -0.478. The van der Waals surface area contributed by atoms with Crippen LogP contribution in [-0.4, -0.2) is 36.4 Å². The zero-order valence-corrected chi connectivity index (χ0v) is 18.8. The minimum absolute atomic E-state index is 0.0973. The van der Waals surface area contributed by atoms with Crippen LogP contribution in [0.5, 0.6) is 0 Å². The van der Waals surface area contributed by atoms with Crippen LogP contribution in [-0.2, 0) is 13.0 Å². The molecule has 0 aliphatic carbocycles. The predicted octanol–water partition coefficient (Wildman–Crippen LogP) is 4.71. The lowest BCUT2D eigenvalue weighted by Gasteiger charge is -2.31. The van der Waals surface area contributed by atoms with Crippen LogP contribution >= 0.6 is 0 Å². The third-order valence-corrected chi connectivity index (χ3v) is 6.10. The van der Waals surface area contributed by atoms with Crippen molar-refractivity contribution in [3.8, 4) is 17.2 Å². The molecule has 1 heterocycles. The number of nitro benzene ring substituents is 1. The SMILES string of the molecule is Cc1cc(C#N)ccc1-c1cccc2c1CCN(C(=O)c1cc([N+](=O)[O-])ccc1N(C)C)C2. The third-order valence-electron chi connectivity index (χ3n) is 6.10. The largest absolute Gasteiger partial charge is 0.377 e. The topological polar surface area (TPSA) is 90.5 Å². The minimum Gasteiger partial charge on any atom is -0.377 e. The van der Waals surface area contributed by atoms with E-state index in [4.69, 9.17) is 5.26 Å². The van der Waals surface area contributed by atoms with Crippen LogP contribution in [0.3, 0.4) is 0 Å². The van der Waals surface area contributed by atoms with Gasteiger partial charge in [0.15, 0.2) is 0 Å². The fourth-order valence-electron chi connectivity index (χ4n) is 4.44. The molecule has 0 saturated carbocycles. The molecular weight excluding hydrogens is 416 g/mol. The molecule has 0 unspecified atom stereocenters. The van der Waals surface area contributed by atoms with E-state index in [-0.39, 0.29) is 11.6 Å². The Kier molecular flexibility index (Phi) is 5.84. The number of aryl methyl sites for hydroxylation is 1. The van der Waals surface area contributed by atoms with Crippen LogP contribution in [0, 0.1) is 28.4 Å². The molecule has 1 aliphatic rings. The monoisotopic (exact) mass is 440 g/mol. The van der Waals surface area contributed by atoms with Crippen molar-refractivity contribution in [2.45, 2.75) is 19.9 Å². The number of carbonyl (C=O) groups is 1. The number of nitro groups is 1. The van der Waals surface area contributed by atoms with E-state index in [1.807, 2.05) is 51.4 Å². The van der Waals surface area contributed by atoms with Gasteiger partial charge in [-0.15, -0.1) is 0 Å².